The number of hydrogen-bond acceptors (Lipinski definition) is 7. The average Bonchev–Trinajstić information content (AvgIpc) is 3.55. The summed E-state index contributed by atoms with van der Waals surface area (Å²) < 4.78 is 36.2. The summed E-state index contributed by atoms with van der Waals surface area (Å²) >= 11 is 6.16. The zero-order chi connectivity index (χ0) is 35.0. The van der Waals surface area contributed by atoms with Gasteiger partial charge in [0.05, 0.1) is 26.9 Å². The molecule has 2 unspecified atom stereocenters. The number of nitrogens with one attached hydrogen (secondary N) is 2. The lowest BCUT2D eigenvalue weighted by molar-refractivity contribution is -0.133. The van der Waals surface area contributed by atoms with Crippen LogP contribution < -0.4 is 10.0 Å². The van der Waals surface area contributed by atoms with Crippen molar-refractivity contribution in [2.24, 2.45) is 0 Å². The molecule has 0 spiro atoms. The molecule has 2 heterocycles. The van der Waals surface area contributed by atoms with E-state index in [9.17, 15) is 27.6 Å². The lowest BCUT2D eigenvalue weighted by Crippen LogP contribution is -2.52. The van der Waals surface area contributed by atoms with E-state index in [0.29, 0.717) is 33.7 Å². The van der Waals surface area contributed by atoms with Gasteiger partial charge in [0.2, 0.25) is 0 Å². The molecule has 0 aliphatic carbocycles. The quantitative estimate of drug-likeness (QED) is 0.123. The van der Waals surface area contributed by atoms with Crippen molar-refractivity contribution in [1.29, 1.82) is 0 Å². The molecule has 5 aromatic rings. The van der Waals surface area contributed by atoms with Gasteiger partial charge in [-0.25, -0.2) is 18.1 Å². The summed E-state index contributed by atoms with van der Waals surface area (Å²) in [4.78, 5) is 55.9. The number of benzene rings is 4. The number of anilines is 2. The van der Waals surface area contributed by atoms with E-state index in [-0.39, 0.29) is 26.9 Å². The van der Waals surface area contributed by atoms with Gasteiger partial charge in [-0.15, -0.1) is 0 Å². The summed E-state index contributed by atoms with van der Waals surface area (Å²) in [6.07, 6.45) is -2.38. The van der Waals surface area contributed by atoms with Crippen molar-refractivity contribution in [3.05, 3.63) is 113 Å². The Hall–Kier alpha value is -5.46. The first kappa shape index (κ1) is 33.4. The van der Waals surface area contributed by atoms with Crippen LogP contribution in [0.2, 0.25) is 5.02 Å². The number of carbonyl (C=O) groups excluding carboxylic acids is 4. The van der Waals surface area contributed by atoms with Crippen molar-refractivity contribution in [2.75, 3.05) is 10.0 Å². The molecule has 4 aromatic carbocycles. The van der Waals surface area contributed by atoms with Crippen LogP contribution in [-0.2, 0) is 30.9 Å². The topological polar surface area (TPSA) is 144 Å². The molecular formula is C36H31ClN4O7S. The summed E-state index contributed by atoms with van der Waals surface area (Å²) in [5.74, 6) is -2.72. The molecule has 11 nitrogen and oxygen atoms in total. The van der Waals surface area contributed by atoms with Gasteiger partial charge in [-0.3, -0.25) is 19.1 Å². The van der Waals surface area contributed by atoms with Crippen LogP contribution >= 0.6 is 11.6 Å². The van der Waals surface area contributed by atoms with Gasteiger partial charge in [0.1, 0.15) is 0 Å². The molecule has 1 fully saturated rings. The molecule has 2 atom stereocenters. The fourth-order valence-electron chi connectivity index (χ4n) is 5.90. The van der Waals surface area contributed by atoms with E-state index < -0.39 is 45.9 Å². The van der Waals surface area contributed by atoms with Crippen LogP contribution in [0.15, 0.2) is 102 Å². The number of fused-ring (bicyclic) bond motifs is 1. The van der Waals surface area contributed by atoms with E-state index in [2.05, 4.69) is 10.0 Å². The molecular weight excluding hydrogens is 668 g/mol. The Morgan fingerprint density at radius 3 is 2.27 bits per heavy atom. The predicted molar refractivity (Wildman–Crippen MR) is 186 cm³/mol. The minimum atomic E-state index is -4.19. The normalized spacial score (nSPS) is 15.3. The van der Waals surface area contributed by atoms with Crippen molar-refractivity contribution in [3.8, 4) is 11.3 Å². The average molecular weight is 699 g/mol. The Labute approximate surface area is 287 Å². The number of para-hydroxylation sites is 2. The molecule has 2 N–H and O–H groups in total. The number of aryl methyl sites for hydroxylation is 2. The molecule has 3 amide bonds. The van der Waals surface area contributed by atoms with Crippen LogP contribution in [0.4, 0.5) is 16.2 Å². The number of halogens is 1. The first-order chi connectivity index (χ1) is 23.4. The molecule has 6 rings (SSSR count). The molecule has 13 heteroatoms. The third-order valence-corrected chi connectivity index (χ3v) is 9.98. The summed E-state index contributed by atoms with van der Waals surface area (Å²) in [6.45, 7) is 5.37. The summed E-state index contributed by atoms with van der Waals surface area (Å²) in [5, 5.41) is 3.33. The number of ketones is 1. The molecule has 1 aliphatic rings. The van der Waals surface area contributed by atoms with Gasteiger partial charge in [-0.1, -0.05) is 78.3 Å². The second-order valence-corrected chi connectivity index (χ2v) is 13.5. The molecule has 1 aliphatic heterocycles. The zero-order valence-electron chi connectivity index (χ0n) is 26.6. The van der Waals surface area contributed by atoms with E-state index in [1.807, 2.05) is 54.0 Å². The highest BCUT2D eigenvalue weighted by Gasteiger charge is 2.49. The maximum Gasteiger partial charge on any atom is 0.418 e. The zero-order valence-corrected chi connectivity index (χ0v) is 28.2. The van der Waals surface area contributed by atoms with Crippen molar-refractivity contribution >= 4 is 67.6 Å². The van der Waals surface area contributed by atoms with Crippen LogP contribution in [-0.4, -0.2) is 53.7 Å². The van der Waals surface area contributed by atoms with E-state index >= 15 is 0 Å². The molecule has 0 radical (unpaired) electrons. The summed E-state index contributed by atoms with van der Waals surface area (Å²) in [5.41, 5.74) is 2.70. The Morgan fingerprint density at radius 1 is 0.918 bits per heavy atom. The predicted octanol–water partition coefficient (Wildman–Crippen LogP) is 6.65. The van der Waals surface area contributed by atoms with E-state index in [4.69, 9.17) is 16.3 Å². The minimum absolute atomic E-state index is 0.0390. The van der Waals surface area contributed by atoms with Crippen molar-refractivity contribution in [2.45, 2.75) is 44.4 Å². The largest absolute Gasteiger partial charge is 0.436 e. The van der Waals surface area contributed by atoms with Crippen molar-refractivity contribution in [1.82, 2.24) is 9.47 Å². The number of ether oxygens (including phenoxy) is 1. The van der Waals surface area contributed by atoms with Gasteiger partial charge in [0, 0.05) is 23.1 Å². The Balaban J connectivity index is 1.45. The maximum absolute atomic E-state index is 14.9. The molecule has 0 saturated carbocycles. The fraction of sp³-hybridized carbons (Fsp3) is 0.167. The molecule has 49 heavy (non-hydrogen) atoms. The second-order valence-electron chi connectivity index (χ2n) is 11.4. The van der Waals surface area contributed by atoms with Gasteiger partial charge in [0.25, 0.3) is 21.8 Å². The van der Waals surface area contributed by atoms with Gasteiger partial charge in [-0.2, -0.15) is 0 Å². The number of sulfonamides is 1. The van der Waals surface area contributed by atoms with Crippen LogP contribution in [0.25, 0.3) is 22.2 Å². The number of cyclic esters (lactones) is 1. The minimum Gasteiger partial charge on any atom is -0.436 e. The monoisotopic (exact) mass is 698 g/mol. The SMILES string of the molecule is CCn1c(-c2ccccc2)c(C(=O)C(C(=O)Nc2cc(S(=O)(=O)Nc3ccccc3Cl)ccc2C)N2C(=O)OC(C)C2=O)c2ccccc21. The highest BCUT2D eigenvalue weighted by atomic mass is 35.5. The second kappa shape index (κ2) is 13.2. The first-order valence-corrected chi connectivity index (χ1v) is 17.2. The number of carbonyl (C=O) groups is 4. The molecule has 0 bridgehead atoms. The van der Waals surface area contributed by atoms with Gasteiger partial charge in [-0.05, 0) is 62.2 Å². The van der Waals surface area contributed by atoms with Crippen LogP contribution in [0.3, 0.4) is 0 Å². The Bertz CT molecular complexity index is 2250. The van der Waals surface area contributed by atoms with Crippen molar-refractivity contribution < 1.29 is 32.3 Å². The highest BCUT2D eigenvalue weighted by Crippen LogP contribution is 2.36. The number of hydrogen-bond donors (Lipinski definition) is 2. The van der Waals surface area contributed by atoms with Crippen LogP contribution in [0.5, 0.6) is 0 Å². The van der Waals surface area contributed by atoms with Gasteiger partial charge < -0.3 is 14.6 Å². The molecule has 250 valence electrons. The first-order valence-electron chi connectivity index (χ1n) is 15.4. The number of amides is 3. The Kier molecular flexibility index (Phi) is 9.02. The van der Waals surface area contributed by atoms with Crippen LogP contribution in [0.1, 0.15) is 29.8 Å². The smallest absolute Gasteiger partial charge is 0.418 e. The highest BCUT2D eigenvalue weighted by molar-refractivity contribution is 7.92. The summed E-state index contributed by atoms with van der Waals surface area (Å²) in [7, 11) is -4.19. The number of aromatic nitrogens is 1. The number of nitrogens with zero attached hydrogens (tertiary/aromatic N) is 2. The van der Waals surface area contributed by atoms with Gasteiger partial charge >= 0.3 is 6.09 Å². The third kappa shape index (κ3) is 6.16. The fourth-order valence-corrected chi connectivity index (χ4v) is 7.24. The van der Waals surface area contributed by atoms with E-state index in [1.54, 1.807) is 31.2 Å². The van der Waals surface area contributed by atoms with Crippen molar-refractivity contribution in [3.63, 3.8) is 0 Å². The maximum atomic E-state index is 14.9. The third-order valence-electron chi connectivity index (χ3n) is 8.29. The summed E-state index contributed by atoms with van der Waals surface area (Å²) in [6, 6.07) is 24.7. The lowest BCUT2D eigenvalue weighted by atomic mass is 9.95. The van der Waals surface area contributed by atoms with E-state index in [0.717, 1.165) is 5.52 Å². The lowest BCUT2D eigenvalue weighted by Gasteiger charge is -2.23. The number of imide groups is 1. The number of rotatable bonds is 10. The molecule has 1 aromatic heterocycles. The standard InChI is InChI=1S/C36H31ClN4O7S/c1-4-40-29-17-11-8-14-25(29)30(31(40)23-12-6-5-7-13-23)33(42)32(41-35(44)22(3)48-36(41)45)34(43)38-28-20-24(19-18-21(28)2)49(46,47)39-27-16-10-9-15-26(27)37/h5-20,22,32,39H,4H2,1-3H3,(H,38,43). The Morgan fingerprint density at radius 2 is 1.59 bits per heavy atom. The van der Waals surface area contributed by atoms with Gasteiger partial charge in [0.15, 0.2) is 17.9 Å². The van der Waals surface area contributed by atoms with Crippen LogP contribution in [0, 0.1) is 6.92 Å². The van der Waals surface area contributed by atoms with E-state index in [1.165, 1.54) is 37.3 Å². The number of Topliss-reactive ketones (excluding diaryl/α,β-unsaturated/α-hetero) is 1. The molecule has 1 saturated heterocycles.